The number of amides is 1. The monoisotopic (exact) mass is 144 g/mol. The molecule has 0 radical (unpaired) electrons. The van der Waals surface area contributed by atoms with Crippen molar-refractivity contribution in [2.24, 2.45) is 11.7 Å². The topological polar surface area (TPSA) is 76.2 Å². The van der Waals surface area contributed by atoms with E-state index in [0.29, 0.717) is 6.61 Å². The molecule has 0 rings (SSSR count). The van der Waals surface area contributed by atoms with Gasteiger partial charge in [0, 0.05) is 0 Å². The van der Waals surface area contributed by atoms with Gasteiger partial charge in [0.25, 0.3) is 0 Å². The summed E-state index contributed by atoms with van der Waals surface area (Å²) in [6.45, 7) is 3.69. The van der Waals surface area contributed by atoms with Gasteiger partial charge in [-0.25, -0.2) is 0 Å². The summed E-state index contributed by atoms with van der Waals surface area (Å²) < 4.78 is 4.75. The molecule has 1 unspecified atom stereocenters. The molecule has 0 aromatic carbocycles. The number of hydrogen-bond acceptors (Lipinski definition) is 3. The van der Waals surface area contributed by atoms with E-state index in [1.807, 2.05) is 0 Å². The second kappa shape index (κ2) is 3.87. The van der Waals surface area contributed by atoms with Gasteiger partial charge in [-0.05, 0) is 13.8 Å². The second-order valence-electron chi connectivity index (χ2n) is 1.92. The molecule has 1 atom stereocenters. The Morgan fingerprint density at radius 2 is 2.30 bits per heavy atom. The van der Waals surface area contributed by atoms with E-state index in [0.717, 1.165) is 0 Å². The maximum absolute atomic E-state index is 10.4. The molecule has 0 aromatic heterocycles. The molecule has 0 fully saturated rings. The summed E-state index contributed by atoms with van der Waals surface area (Å²) in [4.78, 5) is 10.4. The van der Waals surface area contributed by atoms with Crippen LogP contribution >= 0.6 is 0 Å². The predicted molar refractivity (Wildman–Crippen MR) is 37.7 cm³/mol. The first-order valence-corrected chi connectivity index (χ1v) is 3.10. The zero-order valence-corrected chi connectivity index (χ0v) is 6.18. The summed E-state index contributed by atoms with van der Waals surface area (Å²) >= 11 is 0. The Morgan fingerprint density at radius 1 is 1.80 bits per heavy atom. The molecule has 0 saturated carbocycles. The van der Waals surface area contributed by atoms with E-state index >= 15 is 0 Å². The first-order valence-electron chi connectivity index (χ1n) is 3.10. The first kappa shape index (κ1) is 8.94. The van der Waals surface area contributed by atoms with Crippen LogP contribution in [0.2, 0.25) is 0 Å². The minimum atomic E-state index is -0.611. The highest BCUT2D eigenvalue weighted by atomic mass is 16.5. The van der Waals surface area contributed by atoms with Crippen LogP contribution in [0.25, 0.3) is 0 Å². The van der Waals surface area contributed by atoms with Gasteiger partial charge < -0.3 is 10.5 Å². The third-order valence-electron chi connectivity index (χ3n) is 1.12. The average Bonchev–Trinajstić information content (AvgIpc) is 1.87. The summed E-state index contributed by atoms with van der Waals surface area (Å²) in [6, 6.07) is 0. The van der Waals surface area contributed by atoms with Gasteiger partial charge in [-0.3, -0.25) is 10.2 Å². The number of hydrogen-bond donors (Lipinski definition) is 2. The van der Waals surface area contributed by atoms with Crippen LogP contribution < -0.4 is 5.73 Å². The SMILES string of the molecule is CCOC(=N)C(C)C(N)=O. The molecule has 0 aliphatic carbocycles. The van der Waals surface area contributed by atoms with E-state index in [4.69, 9.17) is 15.9 Å². The fraction of sp³-hybridized carbons (Fsp3) is 0.667. The molecule has 0 aliphatic rings. The summed E-state index contributed by atoms with van der Waals surface area (Å²) in [5.41, 5.74) is 4.91. The lowest BCUT2D eigenvalue weighted by Crippen LogP contribution is -2.28. The minimum Gasteiger partial charge on any atom is -0.481 e. The summed E-state index contributed by atoms with van der Waals surface area (Å²) in [5, 5.41) is 7.10. The van der Waals surface area contributed by atoms with E-state index in [-0.39, 0.29) is 5.90 Å². The molecule has 0 heterocycles. The van der Waals surface area contributed by atoms with Gasteiger partial charge in [0.1, 0.15) is 5.92 Å². The molecular formula is C6H12N2O2. The number of nitrogens with two attached hydrogens (primary N) is 1. The highest BCUT2D eigenvalue weighted by molar-refractivity contribution is 5.97. The van der Waals surface area contributed by atoms with Crippen molar-refractivity contribution >= 4 is 11.8 Å². The van der Waals surface area contributed by atoms with Crippen molar-refractivity contribution < 1.29 is 9.53 Å². The standard InChI is InChI=1S/C6H12N2O2/c1-3-10-6(8)4(2)5(7)9/h4,8H,3H2,1-2H3,(H2,7,9). The van der Waals surface area contributed by atoms with Crippen LogP contribution in [0, 0.1) is 11.3 Å². The van der Waals surface area contributed by atoms with Gasteiger partial charge in [0.15, 0.2) is 5.90 Å². The average molecular weight is 144 g/mol. The molecular weight excluding hydrogens is 132 g/mol. The number of nitrogens with one attached hydrogen (secondary N) is 1. The largest absolute Gasteiger partial charge is 0.481 e. The molecule has 0 saturated heterocycles. The predicted octanol–water partition coefficient (Wildman–Crippen LogP) is 0.122. The minimum absolute atomic E-state index is 0.0602. The van der Waals surface area contributed by atoms with Crippen molar-refractivity contribution in [1.82, 2.24) is 0 Å². The van der Waals surface area contributed by atoms with Crippen LogP contribution in [0.5, 0.6) is 0 Å². The van der Waals surface area contributed by atoms with Crippen LogP contribution in [-0.2, 0) is 9.53 Å². The molecule has 0 aromatic rings. The third kappa shape index (κ3) is 2.48. The third-order valence-corrected chi connectivity index (χ3v) is 1.12. The number of primary amides is 1. The molecule has 4 heteroatoms. The summed E-state index contributed by atoms with van der Waals surface area (Å²) in [6.07, 6.45) is 0. The molecule has 0 bridgehead atoms. The second-order valence-corrected chi connectivity index (χ2v) is 1.92. The van der Waals surface area contributed by atoms with Crippen LogP contribution in [-0.4, -0.2) is 18.4 Å². The lowest BCUT2D eigenvalue weighted by Gasteiger charge is -2.08. The van der Waals surface area contributed by atoms with Gasteiger partial charge in [-0.2, -0.15) is 0 Å². The Morgan fingerprint density at radius 3 is 2.60 bits per heavy atom. The summed E-state index contributed by atoms with van der Waals surface area (Å²) in [5.74, 6) is -1.20. The Hall–Kier alpha value is -1.06. The van der Waals surface area contributed by atoms with Crippen molar-refractivity contribution in [3.8, 4) is 0 Å². The van der Waals surface area contributed by atoms with E-state index < -0.39 is 11.8 Å². The number of ether oxygens (including phenoxy) is 1. The smallest absolute Gasteiger partial charge is 0.229 e. The summed E-state index contributed by atoms with van der Waals surface area (Å²) in [7, 11) is 0. The Balaban J connectivity index is 3.82. The quantitative estimate of drug-likeness (QED) is 0.436. The van der Waals surface area contributed by atoms with Crippen LogP contribution in [0.4, 0.5) is 0 Å². The molecule has 3 N–H and O–H groups in total. The number of carbonyl (C=O) groups is 1. The zero-order chi connectivity index (χ0) is 8.15. The van der Waals surface area contributed by atoms with Crippen molar-refractivity contribution in [3.05, 3.63) is 0 Å². The van der Waals surface area contributed by atoms with Gasteiger partial charge in [-0.1, -0.05) is 0 Å². The lowest BCUT2D eigenvalue weighted by molar-refractivity contribution is -0.119. The lowest BCUT2D eigenvalue weighted by atomic mass is 10.2. The van der Waals surface area contributed by atoms with Gasteiger partial charge >= 0.3 is 0 Å². The first-order chi connectivity index (χ1) is 4.59. The van der Waals surface area contributed by atoms with Crippen LogP contribution in [0.1, 0.15) is 13.8 Å². The number of carbonyl (C=O) groups excluding carboxylic acids is 1. The van der Waals surface area contributed by atoms with Gasteiger partial charge in [0.05, 0.1) is 6.61 Å². The van der Waals surface area contributed by atoms with Gasteiger partial charge in [-0.15, -0.1) is 0 Å². The maximum atomic E-state index is 10.4. The molecule has 1 amide bonds. The Labute approximate surface area is 59.9 Å². The fourth-order valence-corrected chi connectivity index (χ4v) is 0.410. The molecule has 58 valence electrons. The molecule has 4 nitrogen and oxygen atoms in total. The molecule has 0 spiro atoms. The normalized spacial score (nSPS) is 12.2. The highest BCUT2D eigenvalue weighted by Crippen LogP contribution is 1.96. The van der Waals surface area contributed by atoms with Crippen molar-refractivity contribution in [3.63, 3.8) is 0 Å². The Kier molecular flexibility index (Phi) is 3.46. The molecule has 0 aliphatic heterocycles. The van der Waals surface area contributed by atoms with Crippen molar-refractivity contribution in [1.29, 1.82) is 5.41 Å². The van der Waals surface area contributed by atoms with E-state index in [1.54, 1.807) is 13.8 Å². The van der Waals surface area contributed by atoms with Gasteiger partial charge in [0.2, 0.25) is 5.91 Å². The highest BCUT2D eigenvalue weighted by Gasteiger charge is 2.14. The molecule has 10 heavy (non-hydrogen) atoms. The van der Waals surface area contributed by atoms with E-state index in [9.17, 15) is 4.79 Å². The maximum Gasteiger partial charge on any atom is 0.229 e. The van der Waals surface area contributed by atoms with Crippen LogP contribution in [0.3, 0.4) is 0 Å². The van der Waals surface area contributed by atoms with Crippen molar-refractivity contribution in [2.75, 3.05) is 6.61 Å². The number of rotatable bonds is 3. The fourth-order valence-electron chi connectivity index (χ4n) is 0.410. The van der Waals surface area contributed by atoms with Crippen molar-refractivity contribution in [2.45, 2.75) is 13.8 Å². The Bertz CT molecular complexity index is 145. The van der Waals surface area contributed by atoms with E-state index in [1.165, 1.54) is 0 Å². The van der Waals surface area contributed by atoms with Crippen LogP contribution in [0.15, 0.2) is 0 Å². The van der Waals surface area contributed by atoms with E-state index in [2.05, 4.69) is 0 Å². The zero-order valence-electron chi connectivity index (χ0n) is 6.18.